The first kappa shape index (κ1) is 51.9. The Labute approximate surface area is 396 Å². The number of carbonyl (C=O) groups excluding carboxylic acids is 4. The second kappa shape index (κ2) is 20.4. The van der Waals surface area contributed by atoms with E-state index in [1.165, 1.54) is 19.6 Å². The third-order valence-electron chi connectivity index (χ3n) is 14.1. The average Bonchev–Trinajstić information content (AvgIpc) is 3.93. The molecule has 6 atom stereocenters. The number of rotatable bonds is 17. The molecule has 5 rings (SSSR count). The zero-order valence-electron chi connectivity index (χ0n) is 41.1. The zero-order valence-corrected chi connectivity index (χ0v) is 41.1. The summed E-state index contributed by atoms with van der Waals surface area (Å²) < 4.78 is 0. The molecular formula is C52H73N7O8. The summed E-state index contributed by atoms with van der Waals surface area (Å²) in [6.45, 7) is 19.5. The van der Waals surface area contributed by atoms with Crippen molar-refractivity contribution in [1.82, 2.24) is 19.6 Å². The number of primary amides is 2. The van der Waals surface area contributed by atoms with Gasteiger partial charge in [0.05, 0.1) is 0 Å². The molecule has 0 aromatic heterocycles. The number of hydrogen-bond acceptors (Lipinski definition) is 7. The quantitative estimate of drug-likeness (QED) is 0.104. The molecule has 0 bridgehead atoms. The first-order valence-electron chi connectivity index (χ1n) is 23.6. The van der Waals surface area contributed by atoms with Gasteiger partial charge in [-0.05, 0) is 113 Å². The monoisotopic (exact) mass is 924 g/mol. The summed E-state index contributed by atoms with van der Waals surface area (Å²) in [4.78, 5) is 89.6. The van der Waals surface area contributed by atoms with E-state index in [0.717, 1.165) is 16.8 Å². The van der Waals surface area contributed by atoms with E-state index in [4.69, 9.17) is 11.5 Å². The van der Waals surface area contributed by atoms with Crippen LogP contribution in [-0.2, 0) is 43.3 Å². The summed E-state index contributed by atoms with van der Waals surface area (Å²) in [6, 6.07) is 22.8. The molecule has 0 saturated carbocycles. The van der Waals surface area contributed by atoms with Crippen molar-refractivity contribution in [3.8, 4) is 0 Å². The van der Waals surface area contributed by atoms with Gasteiger partial charge in [-0.25, -0.2) is 9.59 Å². The molecule has 0 radical (unpaired) electrons. The molecular weight excluding hydrogens is 851 g/mol. The van der Waals surface area contributed by atoms with Gasteiger partial charge >= 0.3 is 12.2 Å². The van der Waals surface area contributed by atoms with Gasteiger partial charge in [-0.1, -0.05) is 107 Å². The Morgan fingerprint density at radius 2 is 0.940 bits per heavy atom. The van der Waals surface area contributed by atoms with Crippen molar-refractivity contribution in [2.24, 2.45) is 23.3 Å². The van der Waals surface area contributed by atoms with Crippen LogP contribution in [0.2, 0.25) is 0 Å². The highest BCUT2D eigenvalue weighted by Gasteiger charge is 2.55. The second-order valence-electron chi connectivity index (χ2n) is 20.5. The van der Waals surface area contributed by atoms with Crippen LogP contribution in [0, 0.1) is 11.8 Å². The highest BCUT2D eigenvalue weighted by atomic mass is 16.4. The maximum Gasteiger partial charge on any atom is 0.408 e. The Bertz CT molecular complexity index is 2120. The third kappa shape index (κ3) is 10.3. The molecule has 0 spiro atoms. The lowest BCUT2D eigenvalue weighted by Gasteiger charge is -2.45. The molecule has 67 heavy (non-hydrogen) atoms. The summed E-state index contributed by atoms with van der Waals surface area (Å²) in [6.07, 6.45) is 0.300. The lowest BCUT2D eigenvalue weighted by Crippen LogP contribution is -2.63. The van der Waals surface area contributed by atoms with E-state index in [-0.39, 0.29) is 24.9 Å². The van der Waals surface area contributed by atoms with E-state index >= 15 is 0 Å². The van der Waals surface area contributed by atoms with Gasteiger partial charge in [-0.3, -0.25) is 29.0 Å². The maximum absolute atomic E-state index is 14.7. The van der Waals surface area contributed by atoms with Crippen LogP contribution < -0.4 is 16.4 Å². The Hall–Kier alpha value is -6.12. The SMILES string of the molecule is CC[C@H](C)[C@@H](C(=O)N1CCC[C@@]1(C(N)=O)c1ccc(CN(Cc2ccc([C@]3(C(N)=O)CCCN3C(=O)[C@H]([C@@H](C)CC)N(C(=O)O)C(C)(C)C)cc2)c2ccccc2)cc1)N(C(=O)O)C(C)(C)C. The number of carbonyl (C=O) groups is 6. The van der Waals surface area contributed by atoms with E-state index in [1.807, 2.05) is 107 Å². The molecule has 3 aromatic rings. The van der Waals surface area contributed by atoms with E-state index < -0.39 is 70.1 Å². The molecule has 2 aliphatic rings. The van der Waals surface area contributed by atoms with E-state index in [1.54, 1.807) is 41.5 Å². The normalized spacial score (nSPS) is 20.4. The van der Waals surface area contributed by atoms with E-state index in [2.05, 4.69) is 4.90 Å². The molecule has 2 saturated heterocycles. The number of nitrogens with two attached hydrogens (primary N) is 2. The van der Waals surface area contributed by atoms with Gasteiger partial charge in [0.25, 0.3) is 0 Å². The topological polar surface area (TPSA) is 211 Å². The van der Waals surface area contributed by atoms with Gasteiger partial charge in [0.15, 0.2) is 0 Å². The number of amides is 6. The molecule has 2 aliphatic heterocycles. The standard InChI is InChI=1S/C52H73N7O8/c1-11-34(3)41(58(47(64)65)49(5,6)7)43(60)56-30-16-28-51(56,45(53)62)38-24-20-36(21-25-38)32-55(40-18-14-13-15-19-40)33-37-22-26-39(27-23-37)52(46(54)63)29-17-31-57(52)44(61)42(35(4)12-2)59(48(66)67)50(8,9)10/h13-15,18-27,34-35,41-42H,11-12,16-17,28-33H2,1-10H3,(H2,53,62)(H2,54,63)(H,64,65)(H,66,67)/t34-,35-,41-,42-,51-,52-/m0/s1. The van der Waals surface area contributed by atoms with Gasteiger partial charge in [-0.2, -0.15) is 0 Å². The van der Waals surface area contributed by atoms with Crippen molar-refractivity contribution in [2.45, 2.75) is 155 Å². The Morgan fingerprint density at radius 1 is 0.597 bits per heavy atom. The minimum Gasteiger partial charge on any atom is -0.465 e. The van der Waals surface area contributed by atoms with Gasteiger partial charge in [0.1, 0.15) is 23.2 Å². The number of carboxylic acid groups (broad SMARTS) is 2. The van der Waals surface area contributed by atoms with Crippen LogP contribution >= 0.6 is 0 Å². The first-order valence-corrected chi connectivity index (χ1v) is 23.6. The van der Waals surface area contributed by atoms with Crippen LogP contribution in [0.5, 0.6) is 0 Å². The zero-order chi connectivity index (χ0) is 49.8. The summed E-state index contributed by atoms with van der Waals surface area (Å²) in [5.41, 5.74) is 11.6. The van der Waals surface area contributed by atoms with Gasteiger partial charge in [0, 0.05) is 42.9 Å². The molecule has 0 unspecified atom stereocenters. The molecule has 15 nitrogen and oxygen atoms in total. The van der Waals surface area contributed by atoms with Crippen LogP contribution in [0.4, 0.5) is 15.3 Å². The fourth-order valence-electron chi connectivity index (χ4n) is 10.4. The minimum absolute atomic E-state index is 0.253. The molecule has 2 fully saturated rings. The Morgan fingerprint density at radius 3 is 1.22 bits per heavy atom. The number of benzene rings is 3. The van der Waals surface area contributed by atoms with Crippen molar-refractivity contribution < 1.29 is 39.0 Å². The van der Waals surface area contributed by atoms with Crippen molar-refractivity contribution in [3.63, 3.8) is 0 Å². The van der Waals surface area contributed by atoms with Crippen LogP contribution in [-0.4, -0.2) is 102 Å². The molecule has 6 N–H and O–H groups in total. The molecule has 15 heteroatoms. The smallest absolute Gasteiger partial charge is 0.408 e. The summed E-state index contributed by atoms with van der Waals surface area (Å²) in [7, 11) is 0. The van der Waals surface area contributed by atoms with Gasteiger partial charge in [0.2, 0.25) is 23.6 Å². The number of para-hydroxylation sites is 1. The molecule has 3 aromatic carbocycles. The van der Waals surface area contributed by atoms with Gasteiger partial charge in [-0.15, -0.1) is 0 Å². The molecule has 364 valence electrons. The highest BCUT2D eigenvalue weighted by molar-refractivity contribution is 5.96. The largest absolute Gasteiger partial charge is 0.465 e. The fraction of sp³-hybridized carbons (Fsp3) is 0.538. The Kier molecular flexibility index (Phi) is 15.8. The number of likely N-dealkylation sites (tertiary alicyclic amines) is 2. The van der Waals surface area contributed by atoms with Crippen LogP contribution in [0.3, 0.4) is 0 Å². The predicted octanol–water partition coefficient (Wildman–Crippen LogP) is 7.89. The maximum atomic E-state index is 14.7. The number of nitrogens with zero attached hydrogens (tertiary/aromatic N) is 5. The summed E-state index contributed by atoms with van der Waals surface area (Å²) in [5, 5.41) is 20.7. The van der Waals surface area contributed by atoms with Crippen LogP contribution in [0.15, 0.2) is 78.9 Å². The first-order chi connectivity index (χ1) is 31.4. The fourth-order valence-corrected chi connectivity index (χ4v) is 10.4. The van der Waals surface area contributed by atoms with Gasteiger partial charge < -0.3 is 36.4 Å². The average molecular weight is 924 g/mol. The highest BCUT2D eigenvalue weighted by Crippen LogP contribution is 2.43. The molecule has 6 amide bonds. The van der Waals surface area contributed by atoms with Crippen molar-refractivity contribution in [2.75, 3.05) is 18.0 Å². The Balaban J connectivity index is 1.45. The lowest BCUT2D eigenvalue weighted by molar-refractivity contribution is -0.151. The molecule has 0 aliphatic carbocycles. The van der Waals surface area contributed by atoms with Crippen molar-refractivity contribution in [1.29, 1.82) is 0 Å². The summed E-state index contributed by atoms with van der Waals surface area (Å²) in [5.74, 6) is -2.90. The van der Waals surface area contributed by atoms with E-state index in [0.29, 0.717) is 62.7 Å². The lowest BCUT2D eigenvalue weighted by atomic mass is 9.84. The van der Waals surface area contributed by atoms with Crippen molar-refractivity contribution >= 4 is 41.5 Å². The number of hydrogen-bond donors (Lipinski definition) is 4. The van der Waals surface area contributed by atoms with Crippen LogP contribution in [0.1, 0.15) is 130 Å². The van der Waals surface area contributed by atoms with Crippen molar-refractivity contribution in [3.05, 3.63) is 101 Å². The van der Waals surface area contributed by atoms with E-state index in [9.17, 15) is 39.0 Å². The number of anilines is 1. The van der Waals surface area contributed by atoms with Crippen LogP contribution in [0.25, 0.3) is 0 Å². The summed E-state index contributed by atoms with van der Waals surface area (Å²) >= 11 is 0. The predicted molar refractivity (Wildman–Crippen MR) is 259 cm³/mol. The second-order valence-corrected chi connectivity index (χ2v) is 20.5. The third-order valence-corrected chi connectivity index (χ3v) is 14.1. The molecule has 2 heterocycles. The minimum atomic E-state index is -1.47.